The minimum absolute atomic E-state index is 0.301. The molecule has 0 amide bonds. The van der Waals surface area contributed by atoms with E-state index in [0.29, 0.717) is 6.79 Å². The van der Waals surface area contributed by atoms with Crippen LogP contribution in [0.5, 0.6) is 11.5 Å². The van der Waals surface area contributed by atoms with E-state index in [-0.39, 0.29) is 0 Å². The topological polar surface area (TPSA) is 47.8 Å². The summed E-state index contributed by atoms with van der Waals surface area (Å²) in [5.74, 6) is 1.60. The highest BCUT2D eigenvalue weighted by Crippen LogP contribution is 2.34. The zero-order valence-corrected chi connectivity index (χ0v) is 12.7. The molecule has 5 nitrogen and oxygen atoms in total. The van der Waals surface area contributed by atoms with Gasteiger partial charge >= 0.3 is 0 Å². The van der Waals surface area contributed by atoms with Crippen molar-refractivity contribution >= 4 is 22.0 Å². The van der Waals surface area contributed by atoms with Gasteiger partial charge in [-0.05, 0) is 26.0 Å². The Morgan fingerprint density at radius 1 is 1.29 bits per heavy atom. The van der Waals surface area contributed by atoms with E-state index in [1.165, 1.54) is 11.4 Å². The molecule has 3 heterocycles. The normalized spacial score (nSPS) is 13.0. The predicted octanol–water partition coefficient (Wildman–Crippen LogP) is 3.35. The molecule has 21 heavy (non-hydrogen) atoms. The lowest BCUT2D eigenvalue weighted by molar-refractivity contribution is 0.174. The second-order valence-corrected chi connectivity index (χ2v) is 5.90. The van der Waals surface area contributed by atoms with Crippen molar-refractivity contribution in [3.8, 4) is 11.5 Å². The molecular formula is C15H15N3O2S. The molecule has 0 aliphatic carbocycles. The van der Waals surface area contributed by atoms with Crippen molar-refractivity contribution in [3.05, 3.63) is 40.7 Å². The van der Waals surface area contributed by atoms with E-state index in [4.69, 9.17) is 9.47 Å². The quantitative estimate of drug-likeness (QED) is 0.806. The summed E-state index contributed by atoms with van der Waals surface area (Å²) in [7, 11) is 0. The summed E-state index contributed by atoms with van der Waals surface area (Å²) in [5.41, 5.74) is 4.50. The number of aryl methyl sites for hydroxylation is 2. The third-order valence-corrected chi connectivity index (χ3v) is 4.61. The highest BCUT2D eigenvalue weighted by molar-refractivity contribution is 7.15. The smallest absolute Gasteiger partial charge is 0.231 e. The number of nitrogens with one attached hydrogen (secondary N) is 1. The van der Waals surface area contributed by atoms with Gasteiger partial charge in [-0.1, -0.05) is 0 Å². The number of hydrogen-bond acceptors (Lipinski definition) is 5. The molecule has 108 valence electrons. The number of hydrogen-bond donors (Lipinski definition) is 1. The average molecular weight is 301 g/mol. The van der Waals surface area contributed by atoms with Gasteiger partial charge in [0, 0.05) is 22.8 Å². The molecule has 6 heteroatoms. The number of thiazole rings is 1. The Labute approximate surface area is 126 Å². The van der Waals surface area contributed by atoms with Crippen molar-refractivity contribution in [2.24, 2.45) is 0 Å². The first-order chi connectivity index (χ1) is 10.2. The number of fused-ring (bicyclic) bond motifs is 2. The van der Waals surface area contributed by atoms with Gasteiger partial charge < -0.3 is 14.8 Å². The molecule has 3 aromatic rings. The maximum absolute atomic E-state index is 5.40. The van der Waals surface area contributed by atoms with E-state index in [2.05, 4.69) is 33.9 Å². The number of anilines is 1. The molecule has 4 rings (SSSR count). The van der Waals surface area contributed by atoms with Gasteiger partial charge in [-0.3, -0.25) is 4.40 Å². The second-order valence-electron chi connectivity index (χ2n) is 5.06. The molecule has 0 radical (unpaired) electrons. The second kappa shape index (κ2) is 4.66. The maximum atomic E-state index is 5.40. The highest BCUT2D eigenvalue weighted by atomic mass is 32.1. The fraction of sp³-hybridized carbons (Fsp3) is 0.267. The SMILES string of the molecule is Cc1nc2scc(C)n2c1CNc1ccc2c(c1)OCO2. The highest BCUT2D eigenvalue weighted by Gasteiger charge is 2.15. The van der Waals surface area contributed by atoms with Crippen molar-refractivity contribution in [1.29, 1.82) is 0 Å². The Bertz CT molecular complexity index is 822. The van der Waals surface area contributed by atoms with Crippen LogP contribution in [0.3, 0.4) is 0 Å². The molecule has 1 aromatic carbocycles. The lowest BCUT2D eigenvalue weighted by Crippen LogP contribution is -2.04. The number of rotatable bonds is 3. The van der Waals surface area contributed by atoms with Crippen LogP contribution in [0.4, 0.5) is 5.69 Å². The van der Waals surface area contributed by atoms with Crippen molar-refractivity contribution in [2.45, 2.75) is 20.4 Å². The van der Waals surface area contributed by atoms with Crippen LogP contribution in [0.2, 0.25) is 0 Å². The van der Waals surface area contributed by atoms with Crippen molar-refractivity contribution in [3.63, 3.8) is 0 Å². The monoisotopic (exact) mass is 301 g/mol. The van der Waals surface area contributed by atoms with E-state index in [1.807, 2.05) is 18.2 Å². The predicted molar refractivity (Wildman–Crippen MR) is 82.4 cm³/mol. The molecule has 0 unspecified atom stereocenters. The van der Waals surface area contributed by atoms with Crippen LogP contribution in [0, 0.1) is 13.8 Å². The molecule has 1 N–H and O–H groups in total. The number of ether oxygens (including phenoxy) is 2. The van der Waals surface area contributed by atoms with Crippen molar-refractivity contribution in [1.82, 2.24) is 9.38 Å². The molecule has 0 fully saturated rings. The summed E-state index contributed by atoms with van der Waals surface area (Å²) in [4.78, 5) is 5.65. The van der Waals surface area contributed by atoms with Gasteiger partial charge in [0.25, 0.3) is 0 Å². The Balaban J connectivity index is 1.61. The third kappa shape index (κ3) is 2.03. The molecule has 1 aliphatic rings. The lowest BCUT2D eigenvalue weighted by atomic mass is 10.2. The summed E-state index contributed by atoms with van der Waals surface area (Å²) >= 11 is 1.67. The van der Waals surface area contributed by atoms with Gasteiger partial charge in [-0.15, -0.1) is 11.3 Å². The van der Waals surface area contributed by atoms with Crippen LogP contribution >= 0.6 is 11.3 Å². The van der Waals surface area contributed by atoms with Gasteiger partial charge in [0.15, 0.2) is 16.5 Å². The van der Waals surface area contributed by atoms with Gasteiger partial charge in [0.1, 0.15) is 0 Å². The molecule has 1 aliphatic heterocycles. The fourth-order valence-electron chi connectivity index (χ4n) is 2.57. The Morgan fingerprint density at radius 3 is 3.05 bits per heavy atom. The van der Waals surface area contributed by atoms with Crippen molar-refractivity contribution < 1.29 is 9.47 Å². The van der Waals surface area contributed by atoms with Crippen LogP contribution in [0.15, 0.2) is 23.6 Å². The standard InChI is InChI=1S/C15H15N3O2S/c1-9-7-21-15-17-10(2)12(18(9)15)6-16-11-3-4-13-14(5-11)20-8-19-13/h3-5,7,16H,6,8H2,1-2H3. The molecule has 0 spiro atoms. The Morgan fingerprint density at radius 2 is 2.14 bits per heavy atom. The van der Waals surface area contributed by atoms with E-state index in [9.17, 15) is 0 Å². The van der Waals surface area contributed by atoms with Gasteiger partial charge in [0.2, 0.25) is 6.79 Å². The number of aromatic nitrogens is 2. The number of imidazole rings is 1. The fourth-order valence-corrected chi connectivity index (χ4v) is 3.50. The van der Waals surface area contributed by atoms with Gasteiger partial charge in [0.05, 0.1) is 17.9 Å². The minimum atomic E-state index is 0.301. The van der Waals surface area contributed by atoms with Crippen LogP contribution in [0.1, 0.15) is 17.1 Å². The van der Waals surface area contributed by atoms with E-state index in [0.717, 1.165) is 34.4 Å². The zero-order chi connectivity index (χ0) is 14.4. The molecule has 0 saturated heterocycles. The summed E-state index contributed by atoms with van der Waals surface area (Å²) in [5, 5.41) is 5.57. The van der Waals surface area contributed by atoms with Crippen molar-refractivity contribution in [2.75, 3.05) is 12.1 Å². The molecule has 0 atom stereocenters. The summed E-state index contributed by atoms with van der Waals surface area (Å²) in [6.07, 6.45) is 0. The summed E-state index contributed by atoms with van der Waals surface area (Å²) in [6.45, 7) is 5.18. The Hall–Kier alpha value is -2.21. The summed E-state index contributed by atoms with van der Waals surface area (Å²) < 4.78 is 12.9. The zero-order valence-electron chi connectivity index (χ0n) is 11.8. The molecule has 0 bridgehead atoms. The van der Waals surface area contributed by atoms with Crippen LogP contribution in [-0.2, 0) is 6.54 Å². The van der Waals surface area contributed by atoms with Crippen LogP contribution in [0.25, 0.3) is 4.96 Å². The molecule has 2 aromatic heterocycles. The van der Waals surface area contributed by atoms with Gasteiger partial charge in [-0.2, -0.15) is 0 Å². The molecule has 0 saturated carbocycles. The number of nitrogens with zero attached hydrogens (tertiary/aromatic N) is 2. The van der Waals surface area contributed by atoms with E-state index < -0.39 is 0 Å². The van der Waals surface area contributed by atoms with Gasteiger partial charge in [-0.25, -0.2) is 4.98 Å². The first-order valence-electron chi connectivity index (χ1n) is 6.78. The largest absolute Gasteiger partial charge is 0.454 e. The third-order valence-electron chi connectivity index (χ3n) is 3.66. The van der Waals surface area contributed by atoms with E-state index >= 15 is 0 Å². The maximum Gasteiger partial charge on any atom is 0.231 e. The number of benzene rings is 1. The van der Waals surface area contributed by atoms with Crippen LogP contribution in [-0.4, -0.2) is 16.2 Å². The minimum Gasteiger partial charge on any atom is -0.454 e. The molecular weight excluding hydrogens is 286 g/mol. The summed E-state index contributed by atoms with van der Waals surface area (Å²) in [6, 6.07) is 5.90. The van der Waals surface area contributed by atoms with E-state index in [1.54, 1.807) is 11.3 Å². The first-order valence-corrected chi connectivity index (χ1v) is 7.66. The average Bonchev–Trinajstić information content (AvgIpc) is 3.14. The van der Waals surface area contributed by atoms with Crippen LogP contribution < -0.4 is 14.8 Å². The lowest BCUT2D eigenvalue weighted by Gasteiger charge is -2.08. The Kier molecular flexibility index (Phi) is 2.78. The first kappa shape index (κ1) is 12.5.